The van der Waals surface area contributed by atoms with Gasteiger partial charge in [0.05, 0.1) is 0 Å². The van der Waals surface area contributed by atoms with Gasteiger partial charge in [-0.15, -0.1) is 0 Å². The molecule has 3 rings (SSSR count). The Hall–Kier alpha value is -1.65. The van der Waals surface area contributed by atoms with Crippen molar-refractivity contribution in [3.05, 3.63) is 53.6 Å². The average molecular weight is 326 g/mol. The molecule has 1 aromatic carbocycles. The Morgan fingerprint density at radius 1 is 1.17 bits per heavy atom. The van der Waals surface area contributed by atoms with E-state index >= 15 is 0 Å². The molecule has 4 heteroatoms. The third kappa shape index (κ3) is 3.87. The second kappa shape index (κ2) is 7.49. The molecule has 1 fully saturated rings. The van der Waals surface area contributed by atoms with Gasteiger partial charge in [-0.25, -0.2) is 4.98 Å². The monoisotopic (exact) mass is 326 g/mol. The summed E-state index contributed by atoms with van der Waals surface area (Å²) < 4.78 is 2.17. The summed E-state index contributed by atoms with van der Waals surface area (Å²) in [5, 5.41) is 0. The molecule has 1 aliphatic rings. The van der Waals surface area contributed by atoms with Crippen molar-refractivity contribution in [1.82, 2.24) is 19.4 Å². The van der Waals surface area contributed by atoms with Crippen LogP contribution in [0.3, 0.4) is 0 Å². The Bertz CT molecular complexity index is 636. The van der Waals surface area contributed by atoms with Crippen molar-refractivity contribution in [1.29, 1.82) is 0 Å². The Morgan fingerprint density at radius 3 is 2.38 bits per heavy atom. The van der Waals surface area contributed by atoms with E-state index in [1.807, 2.05) is 6.20 Å². The maximum Gasteiger partial charge on any atom is 0.111 e. The van der Waals surface area contributed by atoms with Crippen molar-refractivity contribution >= 4 is 0 Å². The molecule has 1 aromatic heterocycles. The Morgan fingerprint density at radius 2 is 1.83 bits per heavy atom. The second-order valence-electron chi connectivity index (χ2n) is 7.33. The van der Waals surface area contributed by atoms with Crippen LogP contribution < -0.4 is 0 Å². The first kappa shape index (κ1) is 17.2. The Labute approximate surface area is 146 Å². The summed E-state index contributed by atoms with van der Waals surface area (Å²) in [6, 6.07) is 9.61. The number of aryl methyl sites for hydroxylation is 1. The third-order valence-corrected chi connectivity index (χ3v) is 5.45. The predicted molar refractivity (Wildman–Crippen MR) is 99.0 cm³/mol. The van der Waals surface area contributed by atoms with E-state index in [1.165, 1.54) is 29.8 Å². The summed E-state index contributed by atoms with van der Waals surface area (Å²) in [6.07, 6.45) is 6.39. The minimum absolute atomic E-state index is 0.465. The van der Waals surface area contributed by atoms with Gasteiger partial charge in [0.1, 0.15) is 5.82 Å². The largest absolute Gasteiger partial charge is 0.338 e. The van der Waals surface area contributed by atoms with Crippen molar-refractivity contribution in [2.75, 3.05) is 27.2 Å². The molecule has 2 aromatic rings. The van der Waals surface area contributed by atoms with Gasteiger partial charge in [0, 0.05) is 37.9 Å². The fourth-order valence-corrected chi connectivity index (χ4v) is 3.58. The summed E-state index contributed by atoms with van der Waals surface area (Å²) in [6.45, 7) is 5.63. The molecule has 0 spiro atoms. The molecule has 0 amide bonds. The Balaban J connectivity index is 1.54. The Kier molecular flexibility index (Phi) is 5.36. The average Bonchev–Trinajstić information content (AvgIpc) is 3.01. The van der Waals surface area contributed by atoms with Crippen molar-refractivity contribution < 1.29 is 0 Å². The molecule has 4 nitrogen and oxygen atoms in total. The van der Waals surface area contributed by atoms with Crippen LogP contribution >= 0.6 is 0 Å². The molecule has 0 bridgehead atoms. The number of hydrogen-bond acceptors (Lipinski definition) is 3. The van der Waals surface area contributed by atoms with Gasteiger partial charge in [0.2, 0.25) is 0 Å². The second-order valence-corrected chi connectivity index (χ2v) is 7.33. The number of nitrogens with zero attached hydrogens (tertiary/aromatic N) is 4. The van der Waals surface area contributed by atoms with E-state index in [0.29, 0.717) is 12.0 Å². The van der Waals surface area contributed by atoms with Crippen LogP contribution in [0.1, 0.15) is 48.7 Å². The molecule has 1 saturated heterocycles. The molecule has 24 heavy (non-hydrogen) atoms. The van der Waals surface area contributed by atoms with Crippen molar-refractivity contribution in [3.8, 4) is 0 Å². The molecular formula is C20H30N4. The highest BCUT2D eigenvalue weighted by Gasteiger charge is 2.23. The van der Waals surface area contributed by atoms with E-state index in [4.69, 9.17) is 0 Å². The highest BCUT2D eigenvalue weighted by atomic mass is 15.1. The van der Waals surface area contributed by atoms with Crippen molar-refractivity contribution in [3.63, 3.8) is 0 Å². The van der Waals surface area contributed by atoms with E-state index in [2.05, 4.69) is 77.9 Å². The van der Waals surface area contributed by atoms with Crippen LogP contribution in [0.25, 0.3) is 0 Å². The first-order valence-corrected chi connectivity index (χ1v) is 8.99. The molecule has 0 saturated carbocycles. The smallest absolute Gasteiger partial charge is 0.111 e. The SMILES string of the molecule is CC(c1ccc(CN2CCC(c3nccn3C)CC2)cc1)N(C)C. The summed E-state index contributed by atoms with van der Waals surface area (Å²) >= 11 is 0. The number of hydrogen-bond donors (Lipinski definition) is 0. The van der Waals surface area contributed by atoms with E-state index in [0.717, 1.165) is 19.6 Å². The van der Waals surface area contributed by atoms with E-state index in [-0.39, 0.29) is 0 Å². The maximum absolute atomic E-state index is 4.53. The van der Waals surface area contributed by atoms with Gasteiger partial charge in [-0.1, -0.05) is 24.3 Å². The van der Waals surface area contributed by atoms with Gasteiger partial charge in [-0.3, -0.25) is 4.90 Å². The summed E-state index contributed by atoms with van der Waals surface area (Å²) in [7, 11) is 6.36. The highest BCUT2D eigenvalue weighted by molar-refractivity contribution is 5.24. The number of imidazole rings is 1. The first-order valence-electron chi connectivity index (χ1n) is 8.99. The predicted octanol–water partition coefficient (Wildman–Crippen LogP) is 3.42. The fraction of sp³-hybridized carbons (Fsp3) is 0.550. The normalized spacial score (nSPS) is 18.2. The molecule has 0 radical (unpaired) electrons. The molecule has 0 aliphatic carbocycles. The number of likely N-dealkylation sites (tertiary alicyclic amines) is 1. The summed E-state index contributed by atoms with van der Waals surface area (Å²) in [5.41, 5.74) is 2.80. The molecule has 130 valence electrons. The first-order chi connectivity index (χ1) is 11.5. The van der Waals surface area contributed by atoms with Gasteiger partial charge in [0.25, 0.3) is 0 Å². The molecule has 1 unspecified atom stereocenters. The lowest BCUT2D eigenvalue weighted by Crippen LogP contribution is -2.33. The standard InChI is InChI=1S/C20H30N4/c1-16(22(2)3)18-7-5-17(6-8-18)15-24-12-9-19(10-13-24)20-21-11-14-23(20)4/h5-8,11,14,16,19H,9-10,12-13,15H2,1-4H3. The number of benzene rings is 1. The van der Waals surface area contributed by atoms with Crippen molar-refractivity contribution in [2.45, 2.75) is 38.3 Å². The van der Waals surface area contributed by atoms with E-state index < -0.39 is 0 Å². The van der Waals surface area contributed by atoms with Gasteiger partial charge < -0.3 is 9.47 Å². The zero-order valence-corrected chi connectivity index (χ0v) is 15.4. The third-order valence-electron chi connectivity index (χ3n) is 5.45. The number of piperidine rings is 1. The van der Waals surface area contributed by atoms with Crippen LogP contribution in [0.15, 0.2) is 36.7 Å². The fourth-order valence-electron chi connectivity index (χ4n) is 3.58. The van der Waals surface area contributed by atoms with Crippen LogP contribution in [0.5, 0.6) is 0 Å². The molecule has 2 heterocycles. The quantitative estimate of drug-likeness (QED) is 0.841. The van der Waals surface area contributed by atoms with E-state index in [9.17, 15) is 0 Å². The van der Waals surface area contributed by atoms with Gasteiger partial charge in [-0.2, -0.15) is 0 Å². The number of aromatic nitrogens is 2. The van der Waals surface area contributed by atoms with Crippen LogP contribution in [-0.4, -0.2) is 46.5 Å². The molecule has 1 atom stereocenters. The molecule has 1 aliphatic heterocycles. The van der Waals surface area contributed by atoms with Crippen LogP contribution in [0.4, 0.5) is 0 Å². The molecular weight excluding hydrogens is 296 g/mol. The maximum atomic E-state index is 4.53. The lowest BCUT2D eigenvalue weighted by Gasteiger charge is -2.31. The number of rotatable bonds is 5. The van der Waals surface area contributed by atoms with Gasteiger partial charge in [-0.05, 0) is 58.1 Å². The highest BCUT2D eigenvalue weighted by Crippen LogP contribution is 2.27. The van der Waals surface area contributed by atoms with Crippen LogP contribution in [0, 0.1) is 0 Å². The lowest BCUT2D eigenvalue weighted by molar-refractivity contribution is 0.200. The van der Waals surface area contributed by atoms with E-state index in [1.54, 1.807) is 0 Å². The van der Waals surface area contributed by atoms with Crippen molar-refractivity contribution in [2.24, 2.45) is 7.05 Å². The molecule has 0 N–H and O–H groups in total. The minimum atomic E-state index is 0.465. The van der Waals surface area contributed by atoms with Crippen LogP contribution in [0.2, 0.25) is 0 Å². The summed E-state index contributed by atoms with van der Waals surface area (Å²) in [4.78, 5) is 9.35. The van der Waals surface area contributed by atoms with Crippen LogP contribution in [-0.2, 0) is 13.6 Å². The zero-order valence-electron chi connectivity index (χ0n) is 15.4. The minimum Gasteiger partial charge on any atom is -0.338 e. The van der Waals surface area contributed by atoms with Gasteiger partial charge in [0.15, 0.2) is 0 Å². The topological polar surface area (TPSA) is 24.3 Å². The summed E-state index contributed by atoms with van der Waals surface area (Å²) in [5.74, 6) is 1.86. The lowest BCUT2D eigenvalue weighted by atomic mass is 9.95. The van der Waals surface area contributed by atoms with Gasteiger partial charge >= 0.3 is 0 Å². The zero-order chi connectivity index (χ0) is 17.1.